The number of benzene rings is 2. The molecule has 1 aromatic heterocycles. The number of hydrogen-bond donors (Lipinski definition) is 2. The van der Waals surface area contributed by atoms with Crippen LogP contribution < -0.4 is 16.0 Å². The molecule has 29 heavy (non-hydrogen) atoms. The first-order valence-electron chi connectivity index (χ1n) is 9.13. The average molecular weight is 409 g/mol. The third-order valence-electron chi connectivity index (χ3n) is 4.96. The monoisotopic (exact) mass is 408 g/mol. The molecule has 3 aromatic rings. The predicted octanol–water partition coefficient (Wildman–Crippen LogP) is 3.44. The van der Waals surface area contributed by atoms with Gasteiger partial charge in [0.15, 0.2) is 5.82 Å². The van der Waals surface area contributed by atoms with Gasteiger partial charge in [0.05, 0.1) is 5.57 Å². The SMILES string of the molecule is CC1=C(C(N)=O)[C@@H](c2ccccc2Cl)n2nc(-c3ccc(N(C)C)cc3)nc2N1. The van der Waals surface area contributed by atoms with Crippen LogP contribution in [0.5, 0.6) is 0 Å². The topological polar surface area (TPSA) is 89.1 Å². The van der Waals surface area contributed by atoms with E-state index in [9.17, 15) is 4.79 Å². The molecule has 3 N–H and O–H groups in total. The highest BCUT2D eigenvalue weighted by Gasteiger charge is 2.34. The minimum Gasteiger partial charge on any atom is -0.378 e. The van der Waals surface area contributed by atoms with E-state index in [-0.39, 0.29) is 0 Å². The largest absolute Gasteiger partial charge is 0.378 e. The Balaban J connectivity index is 1.84. The summed E-state index contributed by atoms with van der Waals surface area (Å²) in [6, 6.07) is 14.8. The van der Waals surface area contributed by atoms with Crippen LogP contribution in [0.25, 0.3) is 11.4 Å². The van der Waals surface area contributed by atoms with Crippen molar-refractivity contribution in [2.45, 2.75) is 13.0 Å². The van der Waals surface area contributed by atoms with E-state index in [1.807, 2.05) is 61.5 Å². The summed E-state index contributed by atoms with van der Waals surface area (Å²) in [5.74, 6) is 0.551. The van der Waals surface area contributed by atoms with Crippen molar-refractivity contribution in [1.29, 1.82) is 0 Å². The van der Waals surface area contributed by atoms with Crippen molar-refractivity contribution >= 4 is 29.1 Å². The van der Waals surface area contributed by atoms with Crippen LogP contribution in [0.15, 0.2) is 59.8 Å². The van der Waals surface area contributed by atoms with E-state index in [1.165, 1.54) is 0 Å². The molecular weight excluding hydrogens is 388 g/mol. The number of nitrogens with zero attached hydrogens (tertiary/aromatic N) is 4. The van der Waals surface area contributed by atoms with Crippen molar-refractivity contribution in [2.24, 2.45) is 5.73 Å². The molecule has 1 aliphatic heterocycles. The number of carbonyl (C=O) groups is 1. The molecule has 148 valence electrons. The van der Waals surface area contributed by atoms with Crippen LogP contribution in [0.2, 0.25) is 5.02 Å². The number of amides is 1. The number of carbonyl (C=O) groups excluding carboxylic acids is 1. The van der Waals surface area contributed by atoms with Crippen molar-refractivity contribution in [1.82, 2.24) is 14.8 Å². The molecule has 0 aliphatic carbocycles. The molecule has 0 saturated carbocycles. The summed E-state index contributed by atoms with van der Waals surface area (Å²) in [6.07, 6.45) is 0. The van der Waals surface area contributed by atoms with Gasteiger partial charge in [-0.05, 0) is 37.3 Å². The maximum Gasteiger partial charge on any atom is 0.248 e. The second kappa shape index (κ2) is 7.25. The van der Waals surface area contributed by atoms with E-state index in [4.69, 9.17) is 22.4 Å². The molecule has 0 radical (unpaired) electrons. The Bertz CT molecular complexity index is 1120. The lowest BCUT2D eigenvalue weighted by Crippen LogP contribution is -2.32. The number of primary amides is 1. The number of nitrogens with one attached hydrogen (secondary N) is 1. The van der Waals surface area contributed by atoms with Gasteiger partial charge in [-0.1, -0.05) is 29.8 Å². The van der Waals surface area contributed by atoms with Gasteiger partial charge < -0.3 is 16.0 Å². The Morgan fingerprint density at radius 1 is 1.17 bits per heavy atom. The molecule has 1 aliphatic rings. The summed E-state index contributed by atoms with van der Waals surface area (Å²) < 4.78 is 1.67. The standard InChI is InChI=1S/C21H21ClN6O/c1-12-17(19(23)29)18(15-6-4-5-7-16(15)22)28-21(24-12)25-20(26-28)13-8-10-14(11-9-13)27(2)3/h4-11,18H,1-3H3,(H2,23,29)(H,24,25,26)/t18-/m1/s1. The van der Waals surface area contributed by atoms with E-state index in [2.05, 4.69) is 10.3 Å². The summed E-state index contributed by atoms with van der Waals surface area (Å²) in [5, 5.41) is 8.37. The number of nitrogens with two attached hydrogens (primary N) is 1. The molecule has 2 aromatic carbocycles. The van der Waals surface area contributed by atoms with Gasteiger partial charge in [-0.2, -0.15) is 4.98 Å². The van der Waals surface area contributed by atoms with Gasteiger partial charge >= 0.3 is 0 Å². The number of halogens is 1. The van der Waals surface area contributed by atoms with Gasteiger partial charge in [0.2, 0.25) is 11.9 Å². The minimum atomic E-state index is -0.556. The Morgan fingerprint density at radius 3 is 2.48 bits per heavy atom. The number of allylic oxidation sites excluding steroid dienone is 1. The summed E-state index contributed by atoms with van der Waals surface area (Å²) in [6.45, 7) is 1.80. The van der Waals surface area contributed by atoms with Crippen molar-refractivity contribution in [3.63, 3.8) is 0 Å². The lowest BCUT2D eigenvalue weighted by molar-refractivity contribution is -0.115. The zero-order valence-corrected chi connectivity index (χ0v) is 17.1. The van der Waals surface area contributed by atoms with Crippen LogP contribution in [-0.2, 0) is 4.79 Å². The number of rotatable bonds is 4. The van der Waals surface area contributed by atoms with Gasteiger partial charge in [0.1, 0.15) is 6.04 Å². The third-order valence-corrected chi connectivity index (χ3v) is 5.30. The summed E-state index contributed by atoms with van der Waals surface area (Å²) in [4.78, 5) is 18.9. The summed E-state index contributed by atoms with van der Waals surface area (Å²) in [5.41, 5.74) is 9.45. The predicted molar refractivity (Wildman–Crippen MR) is 115 cm³/mol. The van der Waals surface area contributed by atoms with Crippen LogP contribution in [0.3, 0.4) is 0 Å². The average Bonchev–Trinajstić information content (AvgIpc) is 3.11. The smallest absolute Gasteiger partial charge is 0.248 e. The maximum absolute atomic E-state index is 12.3. The fourth-order valence-corrected chi connectivity index (χ4v) is 3.72. The normalized spacial score (nSPS) is 15.7. The number of fused-ring (bicyclic) bond motifs is 1. The molecule has 0 saturated heterocycles. The number of aromatic nitrogens is 3. The molecule has 0 spiro atoms. The van der Waals surface area contributed by atoms with Gasteiger partial charge in [-0.3, -0.25) is 4.79 Å². The Morgan fingerprint density at radius 2 is 1.86 bits per heavy atom. The van der Waals surface area contributed by atoms with Crippen molar-refractivity contribution < 1.29 is 4.79 Å². The number of anilines is 2. The zero-order chi connectivity index (χ0) is 20.7. The van der Waals surface area contributed by atoms with Crippen molar-refractivity contribution in [2.75, 3.05) is 24.3 Å². The first kappa shape index (κ1) is 19.0. The van der Waals surface area contributed by atoms with Crippen LogP contribution >= 0.6 is 11.6 Å². The van der Waals surface area contributed by atoms with Gasteiger partial charge in [0.25, 0.3) is 0 Å². The Hall–Kier alpha value is -3.32. The highest BCUT2D eigenvalue weighted by atomic mass is 35.5. The Labute approximate surface area is 173 Å². The fraction of sp³-hybridized carbons (Fsp3) is 0.190. The second-order valence-electron chi connectivity index (χ2n) is 7.10. The van der Waals surface area contributed by atoms with E-state index < -0.39 is 11.9 Å². The van der Waals surface area contributed by atoms with Gasteiger partial charge in [-0.15, -0.1) is 5.10 Å². The quantitative estimate of drug-likeness (QED) is 0.690. The van der Waals surface area contributed by atoms with Crippen LogP contribution in [0.4, 0.5) is 11.6 Å². The molecule has 1 amide bonds. The first-order valence-corrected chi connectivity index (χ1v) is 9.51. The fourth-order valence-electron chi connectivity index (χ4n) is 3.49. The van der Waals surface area contributed by atoms with Crippen LogP contribution in [0.1, 0.15) is 18.5 Å². The molecule has 0 bridgehead atoms. The van der Waals surface area contributed by atoms with Crippen LogP contribution in [-0.4, -0.2) is 34.8 Å². The van der Waals surface area contributed by atoms with Crippen LogP contribution in [0, 0.1) is 0 Å². The molecule has 0 unspecified atom stereocenters. The van der Waals surface area contributed by atoms with E-state index in [0.29, 0.717) is 28.1 Å². The molecular formula is C21H21ClN6O. The second-order valence-corrected chi connectivity index (χ2v) is 7.50. The molecule has 4 rings (SSSR count). The maximum atomic E-state index is 12.3. The van der Waals surface area contributed by atoms with Gasteiger partial charge in [0, 0.05) is 41.6 Å². The number of hydrogen-bond acceptors (Lipinski definition) is 5. The third kappa shape index (κ3) is 3.34. The zero-order valence-electron chi connectivity index (χ0n) is 16.3. The Kier molecular flexibility index (Phi) is 4.76. The van der Waals surface area contributed by atoms with E-state index in [0.717, 1.165) is 16.8 Å². The molecule has 2 heterocycles. The van der Waals surface area contributed by atoms with E-state index in [1.54, 1.807) is 17.7 Å². The highest BCUT2D eigenvalue weighted by Crippen LogP contribution is 2.38. The van der Waals surface area contributed by atoms with Gasteiger partial charge in [-0.25, -0.2) is 4.68 Å². The lowest BCUT2D eigenvalue weighted by Gasteiger charge is -2.28. The first-order chi connectivity index (χ1) is 13.9. The molecule has 7 nitrogen and oxygen atoms in total. The summed E-state index contributed by atoms with van der Waals surface area (Å²) in [7, 11) is 3.97. The molecule has 1 atom stereocenters. The summed E-state index contributed by atoms with van der Waals surface area (Å²) >= 11 is 6.45. The highest BCUT2D eigenvalue weighted by molar-refractivity contribution is 6.31. The van der Waals surface area contributed by atoms with E-state index >= 15 is 0 Å². The lowest BCUT2D eigenvalue weighted by atomic mass is 9.95. The molecule has 0 fully saturated rings. The van der Waals surface area contributed by atoms with Crippen molar-refractivity contribution in [3.8, 4) is 11.4 Å². The minimum absolute atomic E-state index is 0.407. The molecule has 8 heteroatoms. The van der Waals surface area contributed by atoms with Crippen molar-refractivity contribution in [3.05, 3.63) is 70.4 Å².